The summed E-state index contributed by atoms with van der Waals surface area (Å²) in [4.78, 5) is 29.5. The number of ketones is 1. The molecule has 2 aliphatic rings. The number of nitrogens with zero attached hydrogens (tertiary/aromatic N) is 1. The molecule has 2 N–H and O–H groups in total. The van der Waals surface area contributed by atoms with Crippen LogP contribution in [0.3, 0.4) is 0 Å². The summed E-state index contributed by atoms with van der Waals surface area (Å²) >= 11 is 12.9. The molecule has 0 radical (unpaired) electrons. The number of para-hydroxylation sites is 1. The van der Waals surface area contributed by atoms with E-state index in [4.69, 9.17) is 23.2 Å². The molecule has 1 atom stereocenters. The molecule has 190 valence electrons. The lowest BCUT2D eigenvalue weighted by atomic mass is 9.73. The number of fused-ring (bicyclic) bond motifs is 1. The minimum Gasteiger partial charge on any atom is -0.506 e. The van der Waals surface area contributed by atoms with Crippen LogP contribution >= 0.6 is 23.2 Å². The smallest absolute Gasteiger partial charge is 0.228 e. The number of benzene rings is 3. The zero-order valence-corrected chi connectivity index (χ0v) is 22.2. The Morgan fingerprint density at radius 1 is 1.05 bits per heavy atom. The van der Waals surface area contributed by atoms with Crippen molar-refractivity contribution in [3.8, 4) is 5.75 Å². The highest BCUT2D eigenvalue weighted by molar-refractivity contribution is 6.35. The number of hydrogen-bond acceptors (Lipinski definition) is 4. The van der Waals surface area contributed by atoms with E-state index in [0.29, 0.717) is 57.5 Å². The molecule has 5 rings (SSSR count). The summed E-state index contributed by atoms with van der Waals surface area (Å²) in [6.07, 6.45) is 1.66. The van der Waals surface area contributed by atoms with Crippen LogP contribution in [-0.4, -0.2) is 16.8 Å². The van der Waals surface area contributed by atoms with Gasteiger partial charge in [-0.05, 0) is 53.6 Å². The zero-order chi connectivity index (χ0) is 26.3. The van der Waals surface area contributed by atoms with Gasteiger partial charge in [0, 0.05) is 34.2 Å². The number of carbonyl (C=O) groups is 2. The van der Waals surface area contributed by atoms with Gasteiger partial charge in [-0.1, -0.05) is 79.5 Å². The number of amides is 1. The number of Topliss-reactive ketones (excluding diaryl/α,β-unsaturated/α-hetero) is 1. The molecule has 37 heavy (non-hydrogen) atoms. The van der Waals surface area contributed by atoms with Crippen molar-refractivity contribution in [2.45, 2.75) is 45.6 Å². The number of aryl methyl sites for hydroxylation is 1. The molecule has 0 saturated carbocycles. The zero-order valence-electron chi connectivity index (χ0n) is 20.7. The summed E-state index contributed by atoms with van der Waals surface area (Å²) in [5.41, 5.74) is 3.45. The number of hydrogen-bond donors (Lipinski definition) is 2. The summed E-state index contributed by atoms with van der Waals surface area (Å²) in [6, 6.07) is 19.2. The Morgan fingerprint density at radius 3 is 2.54 bits per heavy atom. The Labute approximate surface area is 226 Å². The Morgan fingerprint density at radius 2 is 1.81 bits per heavy atom. The highest BCUT2D eigenvalue weighted by Crippen LogP contribution is 2.51. The van der Waals surface area contributed by atoms with Gasteiger partial charge in [0.05, 0.1) is 11.7 Å². The Kier molecular flexibility index (Phi) is 6.78. The van der Waals surface area contributed by atoms with Gasteiger partial charge in [0.2, 0.25) is 5.91 Å². The van der Waals surface area contributed by atoms with Gasteiger partial charge in [0.25, 0.3) is 0 Å². The summed E-state index contributed by atoms with van der Waals surface area (Å²) < 4.78 is 0. The lowest BCUT2D eigenvalue weighted by Gasteiger charge is -2.37. The van der Waals surface area contributed by atoms with Gasteiger partial charge >= 0.3 is 0 Å². The average molecular weight is 535 g/mol. The van der Waals surface area contributed by atoms with E-state index in [0.717, 1.165) is 5.56 Å². The number of allylic oxidation sites excluding steroid dienone is 1. The van der Waals surface area contributed by atoms with Gasteiger partial charge < -0.3 is 10.4 Å². The predicted molar refractivity (Wildman–Crippen MR) is 148 cm³/mol. The average Bonchev–Trinajstić information content (AvgIpc) is 2.98. The Hall–Kier alpha value is -3.28. The maximum absolute atomic E-state index is 14.1. The van der Waals surface area contributed by atoms with E-state index >= 15 is 0 Å². The van der Waals surface area contributed by atoms with Crippen molar-refractivity contribution < 1.29 is 14.7 Å². The monoisotopic (exact) mass is 534 g/mol. The van der Waals surface area contributed by atoms with E-state index in [-0.39, 0.29) is 29.3 Å². The standard InChI is InChI=1S/C30H28Cl2N2O3/c1-30(2)16-22-27(25(36)17-30)29(20-13-12-19(31)15-21(20)32)34(23-9-6-10-24(35)28(23)33-22)26(37)14-11-18-7-4-3-5-8-18/h3-10,12-13,15,29,33,35H,11,14,16-17H2,1-2H3. The number of phenolic OH excluding ortho intramolecular Hbond substituents is 1. The fraction of sp³-hybridized carbons (Fsp3) is 0.267. The molecule has 1 amide bonds. The van der Waals surface area contributed by atoms with Crippen LogP contribution in [0, 0.1) is 5.41 Å². The molecule has 7 heteroatoms. The molecule has 3 aromatic rings. The summed E-state index contributed by atoms with van der Waals surface area (Å²) in [6.45, 7) is 4.08. The van der Waals surface area contributed by atoms with Crippen molar-refractivity contribution >= 4 is 46.3 Å². The van der Waals surface area contributed by atoms with Gasteiger partial charge in [0.15, 0.2) is 5.78 Å². The second-order valence-corrected chi connectivity index (χ2v) is 11.3. The number of nitrogens with one attached hydrogen (secondary N) is 1. The van der Waals surface area contributed by atoms with Crippen molar-refractivity contribution in [3.63, 3.8) is 0 Å². The molecule has 1 aliphatic carbocycles. The lowest BCUT2D eigenvalue weighted by Crippen LogP contribution is -2.39. The van der Waals surface area contributed by atoms with E-state index in [1.54, 1.807) is 41.3 Å². The maximum Gasteiger partial charge on any atom is 0.228 e. The van der Waals surface area contributed by atoms with Crippen LogP contribution in [0.15, 0.2) is 78.0 Å². The van der Waals surface area contributed by atoms with Gasteiger partial charge in [-0.15, -0.1) is 0 Å². The largest absolute Gasteiger partial charge is 0.506 e. The normalized spacial score (nSPS) is 18.5. The SMILES string of the molecule is CC1(C)CC(=O)C2=C(C1)Nc1c(O)cccc1N(C(=O)CCc1ccccc1)C2c1ccc(Cl)cc1Cl. The predicted octanol–water partition coefficient (Wildman–Crippen LogP) is 7.47. The van der Waals surface area contributed by atoms with E-state index in [1.807, 2.05) is 44.2 Å². The molecular formula is C30H28Cl2N2O3. The van der Waals surface area contributed by atoms with Crippen LogP contribution in [0.25, 0.3) is 0 Å². The fourth-order valence-electron chi connectivity index (χ4n) is 5.35. The fourth-order valence-corrected chi connectivity index (χ4v) is 5.86. The molecule has 0 saturated heterocycles. The highest BCUT2D eigenvalue weighted by atomic mass is 35.5. The third-order valence-electron chi connectivity index (χ3n) is 7.00. The van der Waals surface area contributed by atoms with E-state index in [1.165, 1.54) is 0 Å². The topological polar surface area (TPSA) is 69.6 Å². The molecule has 5 nitrogen and oxygen atoms in total. The van der Waals surface area contributed by atoms with Gasteiger partial charge in [0.1, 0.15) is 11.4 Å². The molecule has 1 unspecified atom stereocenters. The number of rotatable bonds is 4. The van der Waals surface area contributed by atoms with Crippen molar-refractivity contribution in [3.05, 3.63) is 99.2 Å². The van der Waals surface area contributed by atoms with Gasteiger partial charge in [-0.2, -0.15) is 0 Å². The second kappa shape index (κ2) is 9.88. The van der Waals surface area contributed by atoms with Crippen molar-refractivity contribution in [1.29, 1.82) is 0 Å². The number of carbonyl (C=O) groups excluding carboxylic acids is 2. The number of anilines is 2. The van der Waals surface area contributed by atoms with Crippen LogP contribution in [0.1, 0.15) is 50.3 Å². The number of halogens is 2. The van der Waals surface area contributed by atoms with Gasteiger partial charge in [-0.3, -0.25) is 14.5 Å². The molecule has 3 aromatic carbocycles. The van der Waals surface area contributed by atoms with Crippen molar-refractivity contribution in [2.75, 3.05) is 10.2 Å². The second-order valence-electron chi connectivity index (χ2n) is 10.4. The minimum absolute atomic E-state index is 0.00360. The first kappa shape index (κ1) is 25.4. The van der Waals surface area contributed by atoms with Crippen LogP contribution in [0.2, 0.25) is 10.0 Å². The molecule has 1 aliphatic heterocycles. The number of aromatic hydroxyl groups is 1. The van der Waals surface area contributed by atoms with E-state index < -0.39 is 6.04 Å². The summed E-state index contributed by atoms with van der Waals surface area (Å²) in [5, 5.41) is 15.1. The van der Waals surface area contributed by atoms with Crippen LogP contribution in [-0.2, 0) is 16.0 Å². The first-order valence-electron chi connectivity index (χ1n) is 12.3. The Balaban J connectivity index is 1.71. The van der Waals surface area contributed by atoms with Crippen molar-refractivity contribution in [2.24, 2.45) is 5.41 Å². The number of phenols is 1. The third-order valence-corrected chi connectivity index (χ3v) is 7.57. The first-order valence-corrected chi connectivity index (χ1v) is 13.1. The molecule has 1 heterocycles. The first-order chi connectivity index (χ1) is 17.6. The van der Waals surface area contributed by atoms with Crippen LogP contribution < -0.4 is 10.2 Å². The van der Waals surface area contributed by atoms with E-state index in [2.05, 4.69) is 5.32 Å². The summed E-state index contributed by atoms with van der Waals surface area (Å²) in [7, 11) is 0. The summed E-state index contributed by atoms with van der Waals surface area (Å²) in [5.74, 6) is -0.230. The molecule has 0 fully saturated rings. The third kappa shape index (κ3) is 4.98. The highest BCUT2D eigenvalue weighted by Gasteiger charge is 2.44. The van der Waals surface area contributed by atoms with E-state index in [9.17, 15) is 14.7 Å². The maximum atomic E-state index is 14.1. The van der Waals surface area contributed by atoms with Gasteiger partial charge in [-0.25, -0.2) is 0 Å². The van der Waals surface area contributed by atoms with Crippen LogP contribution in [0.4, 0.5) is 11.4 Å². The lowest BCUT2D eigenvalue weighted by molar-refractivity contribution is -0.119. The molecule has 0 bridgehead atoms. The van der Waals surface area contributed by atoms with Crippen molar-refractivity contribution in [1.82, 2.24) is 0 Å². The van der Waals surface area contributed by atoms with Crippen LogP contribution in [0.5, 0.6) is 5.75 Å². The quantitative estimate of drug-likeness (QED) is 0.340. The minimum atomic E-state index is -0.776. The molecule has 0 aromatic heterocycles. The molecule has 0 spiro atoms. The Bertz CT molecular complexity index is 1420. The molecular weight excluding hydrogens is 507 g/mol.